The first-order valence-corrected chi connectivity index (χ1v) is 7.12. The van der Waals surface area contributed by atoms with E-state index in [9.17, 15) is 0 Å². The summed E-state index contributed by atoms with van der Waals surface area (Å²) >= 11 is 0. The Kier molecular flexibility index (Phi) is 5.05. The molecular formula is C15H24N2O2. The minimum Gasteiger partial charge on any atom is -0.486 e. The molecule has 4 nitrogen and oxygen atoms in total. The van der Waals surface area contributed by atoms with E-state index in [1.165, 1.54) is 0 Å². The Hall–Kier alpha value is -1.26. The van der Waals surface area contributed by atoms with Gasteiger partial charge in [0, 0.05) is 6.04 Å². The van der Waals surface area contributed by atoms with Crippen molar-refractivity contribution >= 4 is 0 Å². The summed E-state index contributed by atoms with van der Waals surface area (Å²) in [5, 5.41) is 0. The third-order valence-corrected chi connectivity index (χ3v) is 3.65. The molecule has 0 saturated carbocycles. The van der Waals surface area contributed by atoms with Gasteiger partial charge < -0.3 is 20.1 Å². The summed E-state index contributed by atoms with van der Waals surface area (Å²) in [5.41, 5.74) is 7.38. The highest BCUT2D eigenvalue weighted by molar-refractivity contribution is 5.44. The Morgan fingerprint density at radius 2 is 1.84 bits per heavy atom. The molecule has 19 heavy (non-hydrogen) atoms. The predicted molar refractivity (Wildman–Crippen MR) is 76.8 cm³/mol. The molecule has 0 bridgehead atoms. The minimum atomic E-state index is 0.0522. The van der Waals surface area contributed by atoms with Gasteiger partial charge in [0.1, 0.15) is 13.2 Å². The first-order chi connectivity index (χ1) is 9.24. The van der Waals surface area contributed by atoms with Gasteiger partial charge in [-0.05, 0) is 43.8 Å². The maximum absolute atomic E-state index is 6.26. The zero-order valence-electron chi connectivity index (χ0n) is 11.9. The second-order valence-corrected chi connectivity index (χ2v) is 4.83. The number of rotatable bonds is 6. The van der Waals surface area contributed by atoms with E-state index in [1.54, 1.807) is 0 Å². The minimum absolute atomic E-state index is 0.0522. The van der Waals surface area contributed by atoms with Crippen LogP contribution in [0.1, 0.15) is 31.9 Å². The Morgan fingerprint density at radius 3 is 2.53 bits per heavy atom. The highest BCUT2D eigenvalue weighted by atomic mass is 16.6. The van der Waals surface area contributed by atoms with Gasteiger partial charge in [-0.2, -0.15) is 0 Å². The van der Waals surface area contributed by atoms with Crippen molar-refractivity contribution in [3.8, 4) is 11.5 Å². The number of nitrogens with zero attached hydrogens (tertiary/aromatic N) is 1. The van der Waals surface area contributed by atoms with Crippen LogP contribution in [0.4, 0.5) is 0 Å². The van der Waals surface area contributed by atoms with E-state index in [0.29, 0.717) is 13.2 Å². The SMILES string of the molecule is CCN(CC)CCC(N)c1ccc2c(c1)OCCO2. The lowest BCUT2D eigenvalue weighted by molar-refractivity contribution is 0.171. The fraction of sp³-hybridized carbons (Fsp3) is 0.600. The van der Waals surface area contributed by atoms with Gasteiger partial charge in [-0.15, -0.1) is 0 Å². The molecule has 1 aliphatic heterocycles. The topological polar surface area (TPSA) is 47.7 Å². The van der Waals surface area contributed by atoms with Crippen LogP contribution in [0.25, 0.3) is 0 Å². The number of ether oxygens (including phenoxy) is 2. The molecule has 1 unspecified atom stereocenters. The van der Waals surface area contributed by atoms with Gasteiger partial charge in [-0.25, -0.2) is 0 Å². The molecule has 106 valence electrons. The normalized spacial score (nSPS) is 15.6. The van der Waals surface area contributed by atoms with Gasteiger partial charge in [0.25, 0.3) is 0 Å². The molecule has 1 aromatic rings. The standard InChI is InChI=1S/C15H24N2O2/c1-3-17(4-2)8-7-13(16)12-5-6-14-15(11-12)19-10-9-18-14/h5-6,11,13H,3-4,7-10,16H2,1-2H3. The van der Waals surface area contributed by atoms with E-state index in [1.807, 2.05) is 18.2 Å². The van der Waals surface area contributed by atoms with E-state index < -0.39 is 0 Å². The smallest absolute Gasteiger partial charge is 0.161 e. The van der Waals surface area contributed by atoms with Crippen LogP contribution in [0.2, 0.25) is 0 Å². The van der Waals surface area contributed by atoms with Crippen LogP contribution >= 0.6 is 0 Å². The van der Waals surface area contributed by atoms with Crippen LogP contribution in [-0.4, -0.2) is 37.7 Å². The Bertz CT molecular complexity index is 405. The highest BCUT2D eigenvalue weighted by Crippen LogP contribution is 2.32. The molecule has 1 aliphatic rings. The lowest BCUT2D eigenvalue weighted by Gasteiger charge is -2.22. The largest absolute Gasteiger partial charge is 0.486 e. The maximum Gasteiger partial charge on any atom is 0.161 e. The number of hydrogen-bond donors (Lipinski definition) is 1. The number of benzene rings is 1. The molecule has 0 aliphatic carbocycles. The van der Waals surface area contributed by atoms with Gasteiger partial charge in [-0.3, -0.25) is 0 Å². The average molecular weight is 264 g/mol. The number of hydrogen-bond acceptors (Lipinski definition) is 4. The zero-order valence-corrected chi connectivity index (χ0v) is 11.9. The second-order valence-electron chi connectivity index (χ2n) is 4.83. The summed E-state index contributed by atoms with van der Waals surface area (Å²) in [6.07, 6.45) is 0.960. The van der Waals surface area contributed by atoms with Crippen LogP contribution in [0, 0.1) is 0 Å². The first kappa shape index (κ1) is 14.2. The van der Waals surface area contributed by atoms with Gasteiger partial charge in [-0.1, -0.05) is 19.9 Å². The summed E-state index contributed by atoms with van der Waals surface area (Å²) in [6.45, 7) is 8.78. The lowest BCUT2D eigenvalue weighted by Crippen LogP contribution is -2.27. The van der Waals surface area contributed by atoms with E-state index in [-0.39, 0.29) is 6.04 Å². The lowest BCUT2D eigenvalue weighted by atomic mass is 10.0. The maximum atomic E-state index is 6.26. The molecule has 4 heteroatoms. The summed E-state index contributed by atoms with van der Waals surface area (Å²) < 4.78 is 11.1. The van der Waals surface area contributed by atoms with Crippen molar-refractivity contribution in [2.24, 2.45) is 5.73 Å². The summed E-state index contributed by atoms with van der Waals surface area (Å²) in [5.74, 6) is 1.65. The van der Waals surface area contributed by atoms with Crippen molar-refractivity contribution < 1.29 is 9.47 Å². The molecule has 0 spiro atoms. The van der Waals surface area contributed by atoms with Gasteiger partial charge >= 0.3 is 0 Å². The molecule has 2 N–H and O–H groups in total. The van der Waals surface area contributed by atoms with Crippen LogP contribution < -0.4 is 15.2 Å². The molecular weight excluding hydrogens is 240 g/mol. The van der Waals surface area contributed by atoms with E-state index in [4.69, 9.17) is 15.2 Å². The zero-order chi connectivity index (χ0) is 13.7. The van der Waals surface area contributed by atoms with Gasteiger partial charge in [0.05, 0.1) is 0 Å². The van der Waals surface area contributed by atoms with Gasteiger partial charge in [0.15, 0.2) is 11.5 Å². The van der Waals surface area contributed by atoms with Crippen molar-refractivity contribution in [3.63, 3.8) is 0 Å². The first-order valence-electron chi connectivity index (χ1n) is 7.12. The summed E-state index contributed by atoms with van der Waals surface area (Å²) in [4.78, 5) is 2.39. The molecule has 0 amide bonds. The quantitative estimate of drug-likeness (QED) is 0.855. The Labute approximate surface area is 115 Å². The van der Waals surface area contributed by atoms with Crippen molar-refractivity contribution in [2.45, 2.75) is 26.3 Å². The molecule has 0 aromatic heterocycles. The molecule has 0 radical (unpaired) electrons. The fourth-order valence-corrected chi connectivity index (χ4v) is 2.32. The van der Waals surface area contributed by atoms with Crippen LogP contribution in [-0.2, 0) is 0 Å². The van der Waals surface area contributed by atoms with Crippen LogP contribution in [0.15, 0.2) is 18.2 Å². The number of fused-ring (bicyclic) bond motifs is 1. The molecule has 1 aromatic carbocycles. The van der Waals surface area contributed by atoms with E-state index >= 15 is 0 Å². The second kappa shape index (κ2) is 6.78. The highest BCUT2D eigenvalue weighted by Gasteiger charge is 2.15. The van der Waals surface area contributed by atoms with Crippen molar-refractivity contribution in [3.05, 3.63) is 23.8 Å². The van der Waals surface area contributed by atoms with Crippen molar-refractivity contribution in [2.75, 3.05) is 32.8 Å². The van der Waals surface area contributed by atoms with Crippen LogP contribution in [0.3, 0.4) is 0 Å². The Morgan fingerprint density at radius 1 is 1.16 bits per heavy atom. The van der Waals surface area contributed by atoms with Crippen molar-refractivity contribution in [1.82, 2.24) is 4.90 Å². The monoisotopic (exact) mass is 264 g/mol. The number of nitrogens with two attached hydrogens (primary N) is 1. The third-order valence-electron chi connectivity index (χ3n) is 3.65. The van der Waals surface area contributed by atoms with Crippen LogP contribution in [0.5, 0.6) is 11.5 Å². The summed E-state index contributed by atoms with van der Waals surface area (Å²) in [6, 6.07) is 6.07. The fourth-order valence-electron chi connectivity index (χ4n) is 2.32. The van der Waals surface area contributed by atoms with Crippen molar-refractivity contribution in [1.29, 1.82) is 0 Å². The molecule has 1 atom stereocenters. The molecule has 2 rings (SSSR count). The predicted octanol–water partition coefficient (Wildman–Crippen LogP) is 2.19. The molecule has 0 fully saturated rings. The average Bonchev–Trinajstić information content (AvgIpc) is 2.47. The molecule has 1 heterocycles. The third kappa shape index (κ3) is 3.61. The molecule has 0 saturated heterocycles. The summed E-state index contributed by atoms with van der Waals surface area (Å²) in [7, 11) is 0. The van der Waals surface area contributed by atoms with E-state index in [2.05, 4.69) is 18.7 Å². The Balaban J connectivity index is 1.97. The van der Waals surface area contributed by atoms with Gasteiger partial charge in [0.2, 0.25) is 0 Å². The van der Waals surface area contributed by atoms with E-state index in [0.717, 1.165) is 43.1 Å².